The number of nitrogens with zero attached hydrogens (tertiary/aromatic N) is 4. The van der Waals surface area contributed by atoms with Crippen molar-refractivity contribution < 1.29 is 0 Å². The van der Waals surface area contributed by atoms with Gasteiger partial charge in [0.2, 0.25) is 0 Å². The largest absolute Gasteiger partial charge is 0.366 e. The number of allylic oxidation sites excluding steroid dienone is 1. The normalized spacial score (nSPS) is 13.6. The van der Waals surface area contributed by atoms with Gasteiger partial charge in [0.15, 0.2) is 0 Å². The molecule has 3 heterocycles. The highest BCUT2D eigenvalue weighted by Crippen LogP contribution is 2.19. The molecule has 0 bridgehead atoms. The van der Waals surface area contributed by atoms with Crippen LogP contribution in [0.15, 0.2) is 37.1 Å². The molecular formula is C13H13N5. The number of pyridine rings is 1. The van der Waals surface area contributed by atoms with E-state index in [1.807, 2.05) is 18.3 Å². The number of aromatic nitrogens is 4. The Balaban J connectivity index is 1.73. The maximum Gasteiger partial charge on any atom is 0.137 e. The quantitative estimate of drug-likeness (QED) is 0.887. The topological polar surface area (TPSA) is 55.6 Å². The van der Waals surface area contributed by atoms with E-state index in [4.69, 9.17) is 0 Å². The molecule has 3 rings (SSSR count). The zero-order valence-corrected chi connectivity index (χ0v) is 9.82. The first-order valence-corrected chi connectivity index (χ1v) is 5.81. The van der Waals surface area contributed by atoms with Gasteiger partial charge in [-0.1, -0.05) is 24.3 Å². The summed E-state index contributed by atoms with van der Waals surface area (Å²) in [4.78, 5) is 8.28. The zero-order chi connectivity index (χ0) is 12.2. The van der Waals surface area contributed by atoms with Gasteiger partial charge in [-0.25, -0.2) is 14.6 Å². The fraction of sp³-hybridized carbons (Fsp3) is 0.154. The van der Waals surface area contributed by atoms with Crippen LogP contribution in [-0.4, -0.2) is 26.3 Å². The monoisotopic (exact) mass is 239 g/mol. The Bertz CT molecular complexity index is 583. The van der Waals surface area contributed by atoms with Crippen LogP contribution in [0.3, 0.4) is 0 Å². The van der Waals surface area contributed by atoms with Crippen molar-refractivity contribution in [2.75, 3.05) is 11.9 Å². The van der Waals surface area contributed by atoms with Gasteiger partial charge in [-0.15, -0.1) is 0 Å². The average Bonchev–Trinajstić information content (AvgIpc) is 2.92. The van der Waals surface area contributed by atoms with Crippen LogP contribution in [0.5, 0.6) is 0 Å². The maximum absolute atomic E-state index is 4.39. The Morgan fingerprint density at radius 3 is 3.33 bits per heavy atom. The van der Waals surface area contributed by atoms with E-state index in [1.165, 1.54) is 6.33 Å². The van der Waals surface area contributed by atoms with Crippen molar-refractivity contribution in [3.8, 4) is 0 Å². The Kier molecular flexibility index (Phi) is 2.87. The molecule has 18 heavy (non-hydrogen) atoms. The average molecular weight is 239 g/mol. The van der Waals surface area contributed by atoms with Gasteiger partial charge in [-0.3, -0.25) is 0 Å². The molecule has 0 fully saturated rings. The number of fused-ring (bicyclic) bond motifs is 1. The van der Waals surface area contributed by atoms with Gasteiger partial charge in [-0.05, 0) is 11.6 Å². The van der Waals surface area contributed by atoms with Crippen LogP contribution in [0, 0.1) is 0 Å². The SMILES string of the molecule is C1=Cc2cc(C=CCn3cncn3)cnc2NC1. The lowest BCUT2D eigenvalue weighted by Gasteiger charge is -2.11. The summed E-state index contributed by atoms with van der Waals surface area (Å²) in [7, 11) is 0. The minimum absolute atomic E-state index is 0.713. The van der Waals surface area contributed by atoms with Crippen molar-refractivity contribution in [3.63, 3.8) is 0 Å². The molecule has 0 radical (unpaired) electrons. The molecule has 0 aromatic carbocycles. The minimum Gasteiger partial charge on any atom is -0.366 e. The van der Waals surface area contributed by atoms with Crippen LogP contribution in [0.1, 0.15) is 11.1 Å². The molecule has 0 spiro atoms. The number of hydrogen-bond acceptors (Lipinski definition) is 4. The van der Waals surface area contributed by atoms with E-state index in [0.717, 1.165) is 23.5 Å². The van der Waals surface area contributed by atoms with Gasteiger partial charge < -0.3 is 5.32 Å². The zero-order valence-electron chi connectivity index (χ0n) is 9.82. The van der Waals surface area contributed by atoms with Crippen LogP contribution in [0.25, 0.3) is 12.2 Å². The number of anilines is 1. The molecule has 1 aliphatic heterocycles. The first kappa shape index (κ1) is 10.7. The summed E-state index contributed by atoms with van der Waals surface area (Å²) in [5, 5.41) is 7.26. The fourth-order valence-electron chi connectivity index (χ4n) is 1.83. The molecule has 0 saturated heterocycles. The summed E-state index contributed by atoms with van der Waals surface area (Å²) in [6.45, 7) is 1.56. The molecule has 5 nitrogen and oxygen atoms in total. The van der Waals surface area contributed by atoms with Crippen LogP contribution in [0.4, 0.5) is 5.82 Å². The molecule has 90 valence electrons. The fourth-order valence-corrected chi connectivity index (χ4v) is 1.83. The molecular weight excluding hydrogens is 226 g/mol. The number of hydrogen-bond donors (Lipinski definition) is 1. The summed E-state index contributed by atoms with van der Waals surface area (Å²) in [5.41, 5.74) is 2.21. The molecule has 0 saturated carbocycles. The number of nitrogens with one attached hydrogen (secondary N) is 1. The maximum atomic E-state index is 4.39. The molecule has 1 N–H and O–H groups in total. The van der Waals surface area contributed by atoms with E-state index in [0.29, 0.717) is 6.54 Å². The van der Waals surface area contributed by atoms with Crippen molar-refractivity contribution in [3.05, 3.63) is 48.2 Å². The summed E-state index contributed by atoms with van der Waals surface area (Å²) >= 11 is 0. The lowest BCUT2D eigenvalue weighted by Crippen LogP contribution is -2.06. The van der Waals surface area contributed by atoms with Crippen LogP contribution >= 0.6 is 0 Å². The highest BCUT2D eigenvalue weighted by molar-refractivity contribution is 5.69. The third kappa shape index (κ3) is 2.29. The lowest BCUT2D eigenvalue weighted by molar-refractivity contribution is 0.701. The van der Waals surface area contributed by atoms with Crippen molar-refractivity contribution in [2.45, 2.75) is 6.54 Å². The molecule has 2 aromatic rings. The summed E-state index contributed by atoms with van der Waals surface area (Å²) in [5.74, 6) is 0.950. The van der Waals surface area contributed by atoms with E-state index in [2.05, 4.69) is 38.6 Å². The Morgan fingerprint density at radius 1 is 1.44 bits per heavy atom. The predicted octanol–water partition coefficient (Wildman–Crippen LogP) is 1.83. The molecule has 0 amide bonds. The van der Waals surface area contributed by atoms with Gasteiger partial charge in [0, 0.05) is 18.3 Å². The van der Waals surface area contributed by atoms with E-state index in [1.54, 1.807) is 11.0 Å². The summed E-state index contributed by atoms with van der Waals surface area (Å²) in [6.07, 6.45) is 13.4. The second kappa shape index (κ2) is 4.83. The van der Waals surface area contributed by atoms with Gasteiger partial charge in [0.1, 0.15) is 18.5 Å². The Morgan fingerprint density at radius 2 is 2.44 bits per heavy atom. The van der Waals surface area contributed by atoms with Crippen LogP contribution in [0.2, 0.25) is 0 Å². The van der Waals surface area contributed by atoms with Crippen LogP contribution < -0.4 is 5.32 Å². The molecule has 0 unspecified atom stereocenters. The van der Waals surface area contributed by atoms with Crippen molar-refractivity contribution in [1.29, 1.82) is 0 Å². The van der Waals surface area contributed by atoms with Gasteiger partial charge in [0.25, 0.3) is 0 Å². The third-order valence-electron chi connectivity index (χ3n) is 2.69. The van der Waals surface area contributed by atoms with Crippen LogP contribution in [-0.2, 0) is 6.54 Å². The standard InChI is InChI=1S/C13H13N5/c1-4-12-7-11(8-16-13(12)15-5-1)3-2-6-18-10-14-9-17-18/h1-4,7-10H,5-6H2,(H,15,16). The minimum atomic E-state index is 0.713. The van der Waals surface area contributed by atoms with Gasteiger partial charge in [0.05, 0.1) is 6.54 Å². The molecule has 5 heteroatoms. The molecule has 2 aromatic heterocycles. The third-order valence-corrected chi connectivity index (χ3v) is 2.69. The Hall–Kier alpha value is -2.43. The highest BCUT2D eigenvalue weighted by Gasteiger charge is 2.04. The second-order valence-corrected chi connectivity index (χ2v) is 4.01. The molecule has 0 aliphatic carbocycles. The van der Waals surface area contributed by atoms with Crippen molar-refractivity contribution in [1.82, 2.24) is 19.7 Å². The van der Waals surface area contributed by atoms with Gasteiger partial charge >= 0.3 is 0 Å². The molecule has 1 aliphatic rings. The van der Waals surface area contributed by atoms with E-state index in [9.17, 15) is 0 Å². The molecule has 0 atom stereocenters. The first-order chi connectivity index (χ1) is 8.92. The predicted molar refractivity (Wildman–Crippen MR) is 70.8 cm³/mol. The highest BCUT2D eigenvalue weighted by atomic mass is 15.3. The summed E-state index contributed by atoms with van der Waals surface area (Å²) < 4.78 is 1.77. The van der Waals surface area contributed by atoms with E-state index in [-0.39, 0.29) is 0 Å². The van der Waals surface area contributed by atoms with E-state index < -0.39 is 0 Å². The first-order valence-electron chi connectivity index (χ1n) is 5.81. The second-order valence-electron chi connectivity index (χ2n) is 4.01. The van der Waals surface area contributed by atoms with Gasteiger partial charge in [-0.2, -0.15) is 5.10 Å². The number of rotatable bonds is 3. The smallest absolute Gasteiger partial charge is 0.137 e. The summed E-state index contributed by atoms with van der Waals surface area (Å²) in [6, 6.07) is 2.11. The van der Waals surface area contributed by atoms with Crippen molar-refractivity contribution in [2.24, 2.45) is 0 Å². The van der Waals surface area contributed by atoms with E-state index >= 15 is 0 Å². The lowest BCUT2D eigenvalue weighted by atomic mass is 10.1. The van der Waals surface area contributed by atoms with Crippen molar-refractivity contribution >= 4 is 18.0 Å². The Labute approximate surface area is 105 Å².